The third-order valence-electron chi connectivity index (χ3n) is 3.27. The van der Waals surface area contributed by atoms with Crippen LogP contribution in [0.4, 0.5) is 11.6 Å². The lowest BCUT2D eigenvalue weighted by molar-refractivity contribution is 0.414. The SMILES string of the molecule is COc1ccc(Cc2c(N)nc(N)c3[nH]cnc23)cc1. The Labute approximate surface area is 115 Å². The Morgan fingerprint density at radius 2 is 1.90 bits per heavy atom. The van der Waals surface area contributed by atoms with Crippen LogP contribution in [0.15, 0.2) is 30.6 Å². The summed E-state index contributed by atoms with van der Waals surface area (Å²) in [7, 11) is 1.64. The molecule has 0 fully saturated rings. The molecule has 5 N–H and O–H groups in total. The number of benzene rings is 1. The van der Waals surface area contributed by atoms with E-state index in [1.165, 1.54) is 0 Å². The van der Waals surface area contributed by atoms with Gasteiger partial charge in [0, 0.05) is 12.0 Å². The third-order valence-corrected chi connectivity index (χ3v) is 3.27. The molecule has 0 aliphatic heterocycles. The number of methoxy groups -OCH3 is 1. The maximum Gasteiger partial charge on any atom is 0.151 e. The van der Waals surface area contributed by atoms with E-state index in [0.29, 0.717) is 18.1 Å². The van der Waals surface area contributed by atoms with Crippen LogP contribution >= 0.6 is 0 Å². The third kappa shape index (κ3) is 2.01. The molecule has 6 nitrogen and oxygen atoms in total. The van der Waals surface area contributed by atoms with E-state index in [1.807, 2.05) is 24.3 Å². The number of imidazole rings is 1. The summed E-state index contributed by atoms with van der Waals surface area (Å²) >= 11 is 0. The summed E-state index contributed by atoms with van der Waals surface area (Å²) in [5, 5.41) is 0. The van der Waals surface area contributed by atoms with Crippen LogP contribution in [0.2, 0.25) is 0 Å². The van der Waals surface area contributed by atoms with Gasteiger partial charge in [0.2, 0.25) is 0 Å². The van der Waals surface area contributed by atoms with Crippen molar-refractivity contribution in [1.29, 1.82) is 0 Å². The number of nitrogen functional groups attached to an aromatic ring is 2. The molecule has 3 rings (SSSR count). The van der Waals surface area contributed by atoms with Crippen LogP contribution in [0.25, 0.3) is 11.0 Å². The summed E-state index contributed by atoms with van der Waals surface area (Å²) in [6, 6.07) is 7.82. The van der Waals surface area contributed by atoms with Crippen LogP contribution in [0.5, 0.6) is 5.75 Å². The van der Waals surface area contributed by atoms with E-state index >= 15 is 0 Å². The molecule has 0 bridgehead atoms. The molecule has 3 aromatic rings. The minimum absolute atomic E-state index is 0.369. The number of H-pyrrole nitrogens is 1. The lowest BCUT2D eigenvalue weighted by Crippen LogP contribution is -2.04. The van der Waals surface area contributed by atoms with Crippen molar-refractivity contribution in [2.75, 3.05) is 18.6 Å². The second-order valence-corrected chi connectivity index (χ2v) is 4.51. The minimum atomic E-state index is 0.369. The highest BCUT2D eigenvalue weighted by atomic mass is 16.5. The molecule has 0 amide bonds. The molecule has 0 spiro atoms. The van der Waals surface area contributed by atoms with Crippen LogP contribution in [0.1, 0.15) is 11.1 Å². The van der Waals surface area contributed by atoms with Crippen molar-refractivity contribution >= 4 is 22.7 Å². The largest absolute Gasteiger partial charge is 0.497 e. The highest BCUT2D eigenvalue weighted by Gasteiger charge is 2.13. The highest BCUT2D eigenvalue weighted by Crippen LogP contribution is 2.26. The summed E-state index contributed by atoms with van der Waals surface area (Å²) in [6.45, 7) is 0. The molecule has 0 unspecified atom stereocenters. The first-order valence-electron chi connectivity index (χ1n) is 6.19. The Balaban J connectivity index is 2.03. The average molecular weight is 269 g/mol. The number of anilines is 2. The van der Waals surface area contributed by atoms with Crippen molar-refractivity contribution in [3.63, 3.8) is 0 Å². The van der Waals surface area contributed by atoms with Gasteiger partial charge in [0.05, 0.1) is 19.0 Å². The standard InChI is InChI=1S/C14H15N5O/c1-20-9-4-2-8(3-5-9)6-10-11-12(18-7-17-11)14(16)19-13(10)15/h2-5,7H,6H2,1H3,(H,17,18)(H4,15,16,19). The minimum Gasteiger partial charge on any atom is -0.497 e. The summed E-state index contributed by atoms with van der Waals surface area (Å²) < 4.78 is 5.15. The van der Waals surface area contributed by atoms with Crippen molar-refractivity contribution in [1.82, 2.24) is 15.0 Å². The zero-order valence-electron chi connectivity index (χ0n) is 11.1. The van der Waals surface area contributed by atoms with Crippen molar-refractivity contribution in [3.05, 3.63) is 41.7 Å². The van der Waals surface area contributed by atoms with Crippen LogP contribution in [-0.2, 0) is 6.42 Å². The summed E-state index contributed by atoms with van der Waals surface area (Å²) in [6.07, 6.45) is 2.24. The molecule has 20 heavy (non-hydrogen) atoms. The summed E-state index contributed by atoms with van der Waals surface area (Å²) in [4.78, 5) is 11.4. The molecule has 0 saturated carbocycles. The van der Waals surface area contributed by atoms with E-state index in [9.17, 15) is 0 Å². The molecular formula is C14H15N5O. The summed E-state index contributed by atoms with van der Waals surface area (Å²) in [5.41, 5.74) is 15.3. The van der Waals surface area contributed by atoms with E-state index in [1.54, 1.807) is 13.4 Å². The number of nitrogens with zero attached hydrogens (tertiary/aromatic N) is 2. The molecular weight excluding hydrogens is 254 g/mol. The molecule has 0 atom stereocenters. The van der Waals surface area contributed by atoms with Gasteiger partial charge in [0.15, 0.2) is 5.82 Å². The van der Waals surface area contributed by atoms with Crippen molar-refractivity contribution in [3.8, 4) is 5.75 Å². The van der Waals surface area contributed by atoms with Gasteiger partial charge in [0.25, 0.3) is 0 Å². The van der Waals surface area contributed by atoms with Gasteiger partial charge in [-0.1, -0.05) is 12.1 Å². The second kappa shape index (κ2) is 4.73. The van der Waals surface area contributed by atoms with E-state index in [2.05, 4.69) is 15.0 Å². The molecule has 102 valence electrons. The summed E-state index contributed by atoms with van der Waals surface area (Å²) in [5.74, 6) is 1.61. The first-order chi connectivity index (χ1) is 9.69. The van der Waals surface area contributed by atoms with Crippen molar-refractivity contribution in [2.45, 2.75) is 6.42 Å². The maximum absolute atomic E-state index is 5.98. The molecule has 0 aliphatic rings. The Morgan fingerprint density at radius 3 is 2.60 bits per heavy atom. The van der Waals surface area contributed by atoms with Gasteiger partial charge in [-0.15, -0.1) is 0 Å². The number of nitrogens with two attached hydrogens (primary N) is 2. The molecule has 0 radical (unpaired) electrons. The van der Waals surface area contributed by atoms with Crippen molar-refractivity contribution in [2.24, 2.45) is 0 Å². The van der Waals surface area contributed by atoms with E-state index < -0.39 is 0 Å². The molecule has 6 heteroatoms. The first kappa shape index (κ1) is 12.3. The normalized spacial score (nSPS) is 10.8. The van der Waals surface area contributed by atoms with Gasteiger partial charge in [-0.3, -0.25) is 0 Å². The van der Waals surface area contributed by atoms with Gasteiger partial charge in [-0.2, -0.15) is 0 Å². The Morgan fingerprint density at radius 1 is 1.15 bits per heavy atom. The molecule has 2 aromatic heterocycles. The number of rotatable bonds is 3. The average Bonchev–Trinajstić information content (AvgIpc) is 2.94. The lowest BCUT2D eigenvalue weighted by Gasteiger charge is -2.08. The molecule has 0 saturated heterocycles. The van der Waals surface area contributed by atoms with Gasteiger partial charge >= 0.3 is 0 Å². The Bertz CT molecular complexity index is 748. The number of hydrogen-bond donors (Lipinski definition) is 3. The maximum atomic E-state index is 5.98. The number of aromatic amines is 1. The number of ether oxygens (including phenoxy) is 1. The van der Waals surface area contributed by atoms with Gasteiger partial charge in [-0.05, 0) is 17.7 Å². The fraction of sp³-hybridized carbons (Fsp3) is 0.143. The molecule has 2 heterocycles. The quantitative estimate of drug-likeness (QED) is 0.671. The monoisotopic (exact) mass is 269 g/mol. The predicted octanol–water partition coefficient (Wildman–Crippen LogP) is 1.72. The highest BCUT2D eigenvalue weighted by molar-refractivity contribution is 5.90. The van der Waals surface area contributed by atoms with E-state index in [-0.39, 0.29) is 0 Å². The van der Waals surface area contributed by atoms with Crippen LogP contribution < -0.4 is 16.2 Å². The topological polar surface area (TPSA) is 103 Å². The zero-order chi connectivity index (χ0) is 14.1. The predicted molar refractivity (Wildman–Crippen MR) is 78.5 cm³/mol. The molecule has 0 aliphatic carbocycles. The van der Waals surface area contributed by atoms with Crippen LogP contribution in [0, 0.1) is 0 Å². The molecule has 1 aromatic carbocycles. The van der Waals surface area contributed by atoms with E-state index in [0.717, 1.165) is 27.9 Å². The number of hydrogen-bond acceptors (Lipinski definition) is 5. The number of fused-ring (bicyclic) bond motifs is 1. The van der Waals surface area contributed by atoms with Gasteiger partial charge in [0.1, 0.15) is 17.1 Å². The van der Waals surface area contributed by atoms with E-state index in [4.69, 9.17) is 16.2 Å². The van der Waals surface area contributed by atoms with Gasteiger partial charge in [-0.25, -0.2) is 9.97 Å². The first-order valence-corrected chi connectivity index (χ1v) is 6.19. The smallest absolute Gasteiger partial charge is 0.151 e. The Kier molecular flexibility index (Phi) is 2.90. The van der Waals surface area contributed by atoms with Crippen LogP contribution in [0.3, 0.4) is 0 Å². The fourth-order valence-electron chi connectivity index (χ4n) is 2.21. The van der Waals surface area contributed by atoms with Crippen molar-refractivity contribution < 1.29 is 4.74 Å². The zero-order valence-corrected chi connectivity index (χ0v) is 11.1. The number of pyridine rings is 1. The van der Waals surface area contributed by atoms with Crippen LogP contribution in [-0.4, -0.2) is 22.1 Å². The second-order valence-electron chi connectivity index (χ2n) is 4.51. The fourth-order valence-corrected chi connectivity index (χ4v) is 2.21. The lowest BCUT2D eigenvalue weighted by atomic mass is 10.0. The van der Waals surface area contributed by atoms with Gasteiger partial charge < -0.3 is 21.2 Å². The number of aromatic nitrogens is 3. The number of nitrogens with one attached hydrogen (secondary N) is 1. The Hall–Kier alpha value is -2.76.